The van der Waals surface area contributed by atoms with Gasteiger partial charge in [0.2, 0.25) is 5.91 Å². The zero-order valence-electron chi connectivity index (χ0n) is 6.50. The first-order valence-electron chi connectivity index (χ1n) is 3.24. The molecule has 4 N–H and O–H groups in total. The molecule has 0 aliphatic carbocycles. The lowest BCUT2D eigenvalue weighted by Gasteiger charge is -2.10. The highest BCUT2D eigenvalue weighted by Gasteiger charge is 2.15. The van der Waals surface area contributed by atoms with Gasteiger partial charge in [-0.1, -0.05) is 0 Å². The zero-order valence-corrected chi connectivity index (χ0v) is 6.50. The van der Waals surface area contributed by atoms with Crippen molar-refractivity contribution in [2.24, 2.45) is 5.73 Å². The second-order valence-corrected chi connectivity index (χ2v) is 2.36. The summed E-state index contributed by atoms with van der Waals surface area (Å²) in [5, 5.41) is 10.6. The maximum Gasteiger partial charge on any atom is 0.325 e. The van der Waals surface area contributed by atoms with E-state index in [-0.39, 0.29) is 0 Å². The van der Waals surface area contributed by atoms with Crippen LogP contribution in [0.25, 0.3) is 0 Å². The molecule has 0 bridgehead atoms. The van der Waals surface area contributed by atoms with Crippen molar-refractivity contribution < 1.29 is 14.7 Å². The fourth-order valence-electron chi connectivity index (χ4n) is 0.407. The summed E-state index contributed by atoms with van der Waals surface area (Å²) in [7, 11) is 0. The van der Waals surface area contributed by atoms with Gasteiger partial charge in [-0.3, -0.25) is 9.59 Å². The van der Waals surface area contributed by atoms with E-state index in [1.165, 1.54) is 13.8 Å². The topological polar surface area (TPSA) is 92.4 Å². The van der Waals surface area contributed by atoms with E-state index in [2.05, 4.69) is 5.32 Å². The average Bonchev–Trinajstić information content (AvgIpc) is 1.87. The lowest BCUT2D eigenvalue weighted by atomic mass is 10.3. The second kappa shape index (κ2) is 3.92. The summed E-state index contributed by atoms with van der Waals surface area (Å²) in [6.07, 6.45) is 0. The number of nitrogens with one attached hydrogen (secondary N) is 1. The molecule has 0 heterocycles. The first-order chi connectivity index (χ1) is 4.95. The molecule has 0 saturated heterocycles. The van der Waals surface area contributed by atoms with Crippen LogP contribution in [0.5, 0.6) is 0 Å². The standard InChI is InChI=1S/C6H12N2O3/c1-3(7)5(9)8-4(2)6(10)11/h3-4H,7H2,1-2H3,(H,8,9)(H,10,11)/t3?,4-/m0/s1. The molecule has 5 heteroatoms. The van der Waals surface area contributed by atoms with Crippen LogP contribution >= 0.6 is 0 Å². The van der Waals surface area contributed by atoms with Crippen LogP contribution in [0.2, 0.25) is 0 Å². The number of carboxylic acids is 1. The van der Waals surface area contributed by atoms with E-state index in [0.29, 0.717) is 0 Å². The van der Waals surface area contributed by atoms with E-state index >= 15 is 0 Å². The van der Waals surface area contributed by atoms with Gasteiger partial charge in [-0.25, -0.2) is 0 Å². The quantitative estimate of drug-likeness (QED) is 0.489. The normalized spacial score (nSPS) is 15.2. The molecular formula is C6H12N2O3. The third-order valence-corrected chi connectivity index (χ3v) is 1.14. The molecule has 0 fully saturated rings. The summed E-state index contributed by atoms with van der Waals surface area (Å²) in [4.78, 5) is 21.0. The van der Waals surface area contributed by atoms with Crippen molar-refractivity contribution in [2.75, 3.05) is 0 Å². The van der Waals surface area contributed by atoms with Gasteiger partial charge in [0.25, 0.3) is 0 Å². The van der Waals surface area contributed by atoms with Gasteiger partial charge >= 0.3 is 5.97 Å². The number of carbonyl (C=O) groups is 2. The predicted molar refractivity (Wildman–Crippen MR) is 38.9 cm³/mol. The average molecular weight is 160 g/mol. The lowest BCUT2D eigenvalue weighted by molar-refractivity contribution is -0.141. The highest BCUT2D eigenvalue weighted by atomic mass is 16.4. The molecule has 1 unspecified atom stereocenters. The van der Waals surface area contributed by atoms with Crippen molar-refractivity contribution in [1.29, 1.82) is 0 Å². The molecule has 0 saturated carbocycles. The highest BCUT2D eigenvalue weighted by molar-refractivity contribution is 5.86. The van der Waals surface area contributed by atoms with Gasteiger partial charge in [0, 0.05) is 0 Å². The van der Waals surface area contributed by atoms with Crippen molar-refractivity contribution in [3.05, 3.63) is 0 Å². The van der Waals surface area contributed by atoms with Crippen LogP contribution in [-0.4, -0.2) is 29.1 Å². The molecule has 0 radical (unpaired) electrons. The van der Waals surface area contributed by atoms with E-state index in [1.54, 1.807) is 0 Å². The fourth-order valence-corrected chi connectivity index (χ4v) is 0.407. The Kier molecular flexibility index (Phi) is 3.53. The zero-order chi connectivity index (χ0) is 9.02. The molecule has 0 aromatic rings. The van der Waals surface area contributed by atoms with Crippen molar-refractivity contribution in [2.45, 2.75) is 25.9 Å². The number of hydrogen-bond acceptors (Lipinski definition) is 3. The Morgan fingerprint density at radius 2 is 1.91 bits per heavy atom. The summed E-state index contributed by atoms with van der Waals surface area (Å²) in [6.45, 7) is 2.87. The molecule has 1 amide bonds. The Morgan fingerprint density at radius 3 is 2.18 bits per heavy atom. The molecular weight excluding hydrogens is 148 g/mol. The van der Waals surface area contributed by atoms with Gasteiger partial charge in [-0.2, -0.15) is 0 Å². The lowest BCUT2D eigenvalue weighted by Crippen LogP contribution is -2.45. The second-order valence-electron chi connectivity index (χ2n) is 2.36. The number of carboxylic acid groups (broad SMARTS) is 1. The molecule has 0 spiro atoms. The summed E-state index contributed by atoms with van der Waals surface area (Å²) < 4.78 is 0. The maximum atomic E-state index is 10.8. The third-order valence-electron chi connectivity index (χ3n) is 1.14. The van der Waals surface area contributed by atoms with Crippen LogP contribution in [0, 0.1) is 0 Å². The first kappa shape index (κ1) is 9.90. The summed E-state index contributed by atoms with van der Waals surface area (Å²) in [5.74, 6) is -1.53. The van der Waals surface area contributed by atoms with Crippen LogP contribution in [0.15, 0.2) is 0 Å². The Hall–Kier alpha value is -1.10. The van der Waals surface area contributed by atoms with Crippen LogP contribution in [0.3, 0.4) is 0 Å². The minimum absolute atomic E-state index is 0.458. The van der Waals surface area contributed by atoms with Gasteiger partial charge in [-0.05, 0) is 13.8 Å². The molecule has 2 atom stereocenters. The fraction of sp³-hybridized carbons (Fsp3) is 0.667. The Bertz CT molecular complexity index is 167. The summed E-state index contributed by atoms with van der Waals surface area (Å²) in [5.41, 5.74) is 5.18. The molecule has 0 aliphatic heterocycles. The van der Waals surface area contributed by atoms with E-state index in [4.69, 9.17) is 10.8 Å². The van der Waals surface area contributed by atoms with Crippen molar-refractivity contribution in [3.8, 4) is 0 Å². The van der Waals surface area contributed by atoms with Gasteiger partial charge in [0.1, 0.15) is 6.04 Å². The van der Waals surface area contributed by atoms with Gasteiger partial charge < -0.3 is 16.2 Å². The molecule has 64 valence electrons. The van der Waals surface area contributed by atoms with E-state index in [9.17, 15) is 9.59 Å². The van der Waals surface area contributed by atoms with Crippen molar-refractivity contribution >= 4 is 11.9 Å². The third kappa shape index (κ3) is 3.57. The van der Waals surface area contributed by atoms with E-state index in [1.807, 2.05) is 0 Å². The molecule has 0 aromatic heterocycles. The first-order valence-corrected chi connectivity index (χ1v) is 3.24. The summed E-state index contributed by atoms with van der Waals surface area (Å²) in [6, 6.07) is -1.55. The van der Waals surface area contributed by atoms with Crippen molar-refractivity contribution in [3.63, 3.8) is 0 Å². The van der Waals surface area contributed by atoms with Gasteiger partial charge in [0.05, 0.1) is 6.04 Å². The monoisotopic (exact) mass is 160 g/mol. The number of hydrogen-bond donors (Lipinski definition) is 3. The van der Waals surface area contributed by atoms with E-state index < -0.39 is 24.0 Å². The number of carbonyl (C=O) groups excluding carboxylic acids is 1. The number of nitrogens with two attached hydrogens (primary N) is 1. The smallest absolute Gasteiger partial charge is 0.325 e. The Balaban J connectivity index is 3.85. The van der Waals surface area contributed by atoms with Crippen molar-refractivity contribution in [1.82, 2.24) is 5.32 Å². The molecule has 11 heavy (non-hydrogen) atoms. The largest absolute Gasteiger partial charge is 0.480 e. The van der Waals surface area contributed by atoms with Crippen LogP contribution < -0.4 is 11.1 Å². The Morgan fingerprint density at radius 1 is 1.45 bits per heavy atom. The Labute approximate surface area is 64.6 Å². The number of aliphatic carboxylic acids is 1. The maximum absolute atomic E-state index is 10.8. The predicted octanol–water partition coefficient (Wildman–Crippen LogP) is -1.08. The SMILES string of the molecule is CC(N)C(=O)N[C@@H](C)C(=O)O. The number of amides is 1. The van der Waals surface area contributed by atoms with Crippen LogP contribution in [0.4, 0.5) is 0 Å². The molecule has 0 aromatic carbocycles. The van der Waals surface area contributed by atoms with E-state index in [0.717, 1.165) is 0 Å². The van der Waals surface area contributed by atoms with Gasteiger partial charge in [0.15, 0.2) is 0 Å². The van der Waals surface area contributed by atoms with Crippen LogP contribution in [0.1, 0.15) is 13.8 Å². The minimum Gasteiger partial charge on any atom is -0.480 e. The molecule has 5 nitrogen and oxygen atoms in total. The minimum atomic E-state index is -1.07. The van der Waals surface area contributed by atoms with Gasteiger partial charge in [-0.15, -0.1) is 0 Å². The molecule has 0 rings (SSSR count). The number of rotatable bonds is 3. The summed E-state index contributed by atoms with van der Waals surface area (Å²) >= 11 is 0. The highest BCUT2D eigenvalue weighted by Crippen LogP contribution is 1.83. The molecule has 0 aliphatic rings. The van der Waals surface area contributed by atoms with Crippen LogP contribution in [-0.2, 0) is 9.59 Å².